The molecule has 0 rings (SSSR count). The van der Waals surface area contributed by atoms with E-state index < -0.39 is 0 Å². The van der Waals surface area contributed by atoms with Gasteiger partial charge >= 0.3 is 0 Å². The first kappa shape index (κ1) is 13.5. The fraction of sp³-hybridized carbons (Fsp3) is 0.556. The van der Waals surface area contributed by atoms with Gasteiger partial charge in [-0.2, -0.15) is 5.10 Å². The molecule has 0 unspecified atom stereocenters. The monoisotopic (exact) mass is 170 g/mol. The van der Waals surface area contributed by atoms with E-state index in [1.165, 1.54) is 5.01 Å². The molecule has 0 radical (unpaired) electrons. The Balaban J connectivity index is 0. The molecule has 0 heterocycles. The molecule has 12 heavy (non-hydrogen) atoms. The smallest absolute Gasteiger partial charge is 0.266 e. The summed E-state index contributed by atoms with van der Waals surface area (Å²) in [7, 11) is 1.63. The average molecular weight is 170 g/mol. The summed E-state index contributed by atoms with van der Waals surface area (Å²) in [4.78, 5) is 11.1. The number of rotatable bonds is 2. The number of likely N-dealkylation sites (N-methyl/N-ethyl adjacent to an activating group) is 1. The van der Waals surface area contributed by atoms with E-state index in [1.807, 2.05) is 13.8 Å². The van der Waals surface area contributed by atoms with Gasteiger partial charge in [0.2, 0.25) is 0 Å². The number of hydrazone groups is 1. The van der Waals surface area contributed by atoms with Gasteiger partial charge < -0.3 is 0 Å². The van der Waals surface area contributed by atoms with Crippen LogP contribution in [0.3, 0.4) is 0 Å². The number of hydrogen-bond donors (Lipinski definition) is 0. The molecule has 0 aromatic heterocycles. The fourth-order valence-electron chi connectivity index (χ4n) is 0.570. The molecule has 0 saturated carbocycles. The van der Waals surface area contributed by atoms with Gasteiger partial charge in [-0.25, -0.2) is 5.01 Å². The highest BCUT2D eigenvalue weighted by molar-refractivity contribution is 5.88. The normalized spacial score (nSPS) is 9.00. The van der Waals surface area contributed by atoms with Crippen molar-refractivity contribution in [1.29, 1.82) is 0 Å². The lowest BCUT2D eigenvalue weighted by Crippen LogP contribution is -2.18. The molecular weight excluding hydrogens is 152 g/mol. The molecule has 0 aromatic carbocycles. The van der Waals surface area contributed by atoms with Crippen molar-refractivity contribution >= 4 is 12.1 Å². The van der Waals surface area contributed by atoms with Gasteiger partial charge in [0.1, 0.15) is 0 Å². The van der Waals surface area contributed by atoms with Gasteiger partial charge in [0, 0.05) is 19.3 Å². The maximum Gasteiger partial charge on any atom is 0.266 e. The third-order valence-electron chi connectivity index (χ3n) is 1.02. The van der Waals surface area contributed by atoms with E-state index in [0.29, 0.717) is 0 Å². The molecule has 0 atom stereocenters. The summed E-state index contributed by atoms with van der Waals surface area (Å²) in [6, 6.07) is 0. The highest BCUT2D eigenvalue weighted by Gasteiger charge is 2.00. The van der Waals surface area contributed by atoms with Crippen LogP contribution in [0.2, 0.25) is 0 Å². The molecule has 3 nitrogen and oxygen atoms in total. The molecule has 70 valence electrons. The number of nitrogens with zero attached hydrogens (tertiary/aromatic N) is 2. The lowest BCUT2D eigenvalue weighted by atomic mass is 10.3. The fourth-order valence-corrected chi connectivity index (χ4v) is 0.570. The Morgan fingerprint density at radius 3 is 2.25 bits per heavy atom. The van der Waals surface area contributed by atoms with Crippen LogP contribution in [0.5, 0.6) is 0 Å². The molecule has 0 aliphatic carbocycles. The van der Waals surface area contributed by atoms with Gasteiger partial charge in [-0.1, -0.05) is 13.0 Å². The van der Waals surface area contributed by atoms with Gasteiger partial charge in [-0.05, 0) is 20.8 Å². The molecule has 0 aromatic rings. The lowest BCUT2D eigenvalue weighted by molar-refractivity contribution is -0.124. The summed E-state index contributed by atoms with van der Waals surface area (Å²) >= 11 is 0. The zero-order chi connectivity index (χ0) is 8.85. The van der Waals surface area contributed by atoms with Crippen molar-refractivity contribution in [3.8, 4) is 0 Å². The third kappa shape index (κ3) is 5.65. The standard InChI is InChI=1S/C8H14N2O.CH4/c1-5-9-10(4)8(11)6-7(2)3;/h5-6H,1-4H3;1H4. The topological polar surface area (TPSA) is 32.7 Å². The zero-order valence-corrected chi connectivity index (χ0v) is 7.46. The Bertz CT molecular complexity index is 191. The van der Waals surface area contributed by atoms with Crippen LogP contribution in [-0.2, 0) is 4.79 Å². The van der Waals surface area contributed by atoms with Crippen molar-refractivity contribution in [3.63, 3.8) is 0 Å². The number of hydrogen-bond acceptors (Lipinski definition) is 2. The van der Waals surface area contributed by atoms with Crippen molar-refractivity contribution in [3.05, 3.63) is 11.6 Å². The summed E-state index contributed by atoms with van der Waals surface area (Å²) in [5, 5.41) is 5.09. The first-order valence-corrected chi connectivity index (χ1v) is 3.49. The molecule has 0 aliphatic heterocycles. The Labute approximate surface area is 74.8 Å². The Morgan fingerprint density at radius 1 is 1.42 bits per heavy atom. The maximum atomic E-state index is 11.1. The summed E-state index contributed by atoms with van der Waals surface area (Å²) in [6.07, 6.45) is 3.13. The van der Waals surface area contributed by atoms with E-state index in [-0.39, 0.29) is 13.3 Å². The van der Waals surface area contributed by atoms with Gasteiger partial charge in [-0.15, -0.1) is 0 Å². The van der Waals surface area contributed by atoms with Crippen molar-refractivity contribution < 1.29 is 4.79 Å². The van der Waals surface area contributed by atoms with Crippen molar-refractivity contribution in [2.24, 2.45) is 5.10 Å². The van der Waals surface area contributed by atoms with E-state index in [1.54, 1.807) is 26.3 Å². The zero-order valence-electron chi connectivity index (χ0n) is 7.46. The quantitative estimate of drug-likeness (QED) is 0.354. The highest BCUT2D eigenvalue weighted by Crippen LogP contribution is 1.93. The lowest BCUT2D eigenvalue weighted by Gasteiger charge is -2.06. The molecule has 0 spiro atoms. The largest absolute Gasteiger partial charge is 0.268 e. The molecule has 0 bridgehead atoms. The number of carbonyl (C=O) groups excluding carboxylic acids is 1. The van der Waals surface area contributed by atoms with Crippen LogP contribution in [0.1, 0.15) is 28.2 Å². The summed E-state index contributed by atoms with van der Waals surface area (Å²) < 4.78 is 0. The Morgan fingerprint density at radius 2 is 1.92 bits per heavy atom. The minimum atomic E-state index is -0.0944. The highest BCUT2D eigenvalue weighted by atomic mass is 16.2. The van der Waals surface area contributed by atoms with E-state index >= 15 is 0 Å². The van der Waals surface area contributed by atoms with E-state index in [4.69, 9.17) is 0 Å². The molecule has 0 fully saturated rings. The van der Waals surface area contributed by atoms with E-state index in [0.717, 1.165) is 5.57 Å². The van der Waals surface area contributed by atoms with Crippen molar-refractivity contribution in [1.82, 2.24) is 5.01 Å². The van der Waals surface area contributed by atoms with Crippen LogP contribution in [0.25, 0.3) is 0 Å². The average Bonchev–Trinajstić information content (AvgIpc) is 1.86. The molecule has 0 saturated heterocycles. The summed E-state index contributed by atoms with van der Waals surface area (Å²) in [5.41, 5.74) is 0.980. The molecule has 3 heteroatoms. The number of carbonyl (C=O) groups is 1. The first-order chi connectivity index (χ1) is 5.07. The predicted octanol–water partition coefficient (Wildman–Crippen LogP) is 2.05. The molecule has 1 amide bonds. The Kier molecular flexibility index (Phi) is 7.39. The minimum Gasteiger partial charge on any atom is -0.268 e. The number of amides is 1. The molecule has 0 aliphatic rings. The van der Waals surface area contributed by atoms with Gasteiger partial charge in [0.25, 0.3) is 5.91 Å². The van der Waals surface area contributed by atoms with Crippen LogP contribution in [0.15, 0.2) is 16.8 Å². The molecular formula is C9H18N2O. The van der Waals surface area contributed by atoms with Gasteiger partial charge in [0.15, 0.2) is 0 Å². The first-order valence-electron chi connectivity index (χ1n) is 3.49. The predicted molar refractivity (Wildman–Crippen MR) is 53.1 cm³/mol. The van der Waals surface area contributed by atoms with Crippen molar-refractivity contribution in [2.45, 2.75) is 28.2 Å². The van der Waals surface area contributed by atoms with E-state index in [9.17, 15) is 4.79 Å². The van der Waals surface area contributed by atoms with Crippen LogP contribution in [0.4, 0.5) is 0 Å². The van der Waals surface area contributed by atoms with E-state index in [2.05, 4.69) is 5.10 Å². The second-order valence-electron chi connectivity index (χ2n) is 2.46. The summed E-state index contributed by atoms with van der Waals surface area (Å²) in [6.45, 7) is 5.52. The minimum absolute atomic E-state index is 0. The summed E-state index contributed by atoms with van der Waals surface area (Å²) in [5.74, 6) is -0.0944. The third-order valence-corrected chi connectivity index (χ3v) is 1.02. The molecule has 0 N–H and O–H groups in total. The van der Waals surface area contributed by atoms with Crippen LogP contribution in [-0.4, -0.2) is 24.2 Å². The van der Waals surface area contributed by atoms with Gasteiger partial charge in [0.05, 0.1) is 0 Å². The van der Waals surface area contributed by atoms with Gasteiger partial charge in [-0.3, -0.25) is 4.79 Å². The SMILES string of the molecule is C.CC=NN(C)C(=O)C=C(C)C. The number of allylic oxidation sites excluding steroid dienone is 1. The Hall–Kier alpha value is -1.12. The second-order valence-corrected chi connectivity index (χ2v) is 2.46. The van der Waals surface area contributed by atoms with Crippen LogP contribution < -0.4 is 0 Å². The maximum absolute atomic E-state index is 11.1. The second kappa shape index (κ2) is 6.58. The van der Waals surface area contributed by atoms with Crippen LogP contribution in [0, 0.1) is 0 Å². The van der Waals surface area contributed by atoms with Crippen molar-refractivity contribution in [2.75, 3.05) is 7.05 Å². The van der Waals surface area contributed by atoms with Crippen LogP contribution >= 0.6 is 0 Å².